The quantitative estimate of drug-likeness (QED) is 0.220. The molecule has 2 N–H and O–H groups in total. The highest BCUT2D eigenvalue weighted by atomic mass is 16.5. The highest BCUT2D eigenvalue weighted by Gasteiger charge is 2.14. The van der Waals surface area contributed by atoms with Crippen molar-refractivity contribution in [3.05, 3.63) is 29.8 Å². The number of hydrogen-bond acceptors (Lipinski definition) is 2. The summed E-state index contributed by atoms with van der Waals surface area (Å²) in [4.78, 5) is 11.3. The molecule has 0 saturated carbocycles. The second kappa shape index (κ2) is 18.3. The molecule has 172 valence electrons. The van der Waals surface area contributed by atoms with E-state index in [1.807, 2.05) is 12.1 Å². The molecule has 0 aromatic heterocycles. The van der Waals surface area contributed by atoms with Crippen LogP contribution < -0.4 is 10.5 Å². The maximum Gasteiger partial charge on any atom is 0.221 e. The van der Waals surface area contributed by atoms with Gasteiger partial charge in [-0.1, -0.05) is 116 Å². The van der Waals surface area contributed by atoms with Crippen LogP contribution in [0.2, 0.25) is 0 Å². The van der Waals surface area contributed by atoms with Gasteiger partial charge in [-0.05, 0) is 30.9 Å². The molecule has 0 aliphatic carbocycles. The average Bonchev–Trinajstić information content (AvgIpc) is 2.72. The minimum absolute atomic E-state index is 0.111. The number of benzene rings is 1. The van der Waals surface area contributed by atoms with E-state index >= 15 is 0 Å². The van der Waals surface area contributed by atoms with Crippen LogP contribution in [0.4, 0.5) is 0 Å². The van der Waals surface area contributed by atoms with E-state index in [1.54, 1.807) is 0 Å². The van der Waals surface area contributed by atoms with Gasteiger partial charge in [0.1, 0.15) is 11.9 Å². The predicted molar refractivity (Wildman–Crippen MR) is 129 cm³/mol. The van der Waals surface area contributed by atoms with Crippen LogP contribution in [-0.4, -0.2) is 12.0 Å². The first kappa shape index (κ1) is 26.5. The number of aryl methyl sites for hydroxylation is 1. The van der Waals surface area contributed by atoms with E-state index in [1.165, 1.54) is 89.0 Å². The molecule has 1 unspecified atom stereocenters. The number of rotatable bonds is 20. The van der Waals surface area contributed by atoms with Crippen molar-refractivity contribution in [1.82, 2.24) is 0 Å². The Hall–Kier alpha value is -1.51. The molecular formula is C27H47NO2. The Labute approximate surface area is 186 Å². The summed E-state index contributed by atoms with van der Waals surface area (Å²) >= 11 is 0. The third kappa shape index (κ3) is 13.7. The van der Waals surface area contributed by atoms with Gasteiger partial charge in [-0.3, -0.25) is 4.79 Å². The van der Waals surface area contributed by atoms with Crippen LogP contribution in [0.1, 0.15) is 122 Å². The molecule has 1 aromatic rings. The zero-order valence-electron chi connectivity index (χ0n) is 19.8. The van der Waals surface area contributed by atoms with E-state index in [2.05, 4.69) is 26.0 Å². The molecule has 0 bridgehead atoms. The molecule has 1 aromatic carbocycles. The molecule has 30 heavy (non-hydrogen) atoms. The lowest BCUT2D eigenvalue weighted by atomic mass is 10.0. The van der Waals surface area contributed by atoms with Crippen LogP contribution in [0.5, 0.6) is 5.75 Å². The number of carbonyl (C=O) groups is 1. The molecule has 0 heterocycles. The standard InChI is InChI=1S/C27H47NO2/c1-3-5-6-7-8-9-10-11-12-13-14-15-16-20-24-21-17-18-22-26(24)30-25(19-4-2)23-27(28)29/h17-18,21-22,25H,3-16,19-20,23H2,1-2H3,(H2,28,29). The van der Waals surface area contributed by atoms with Gasteiger partial charge in [0.2, 0.25) is 5.91 Å². The summed E-state index contributed by atoms with van der Waals surface area (Å²) in [5.41, 5.74) is 6.64. The molecule has 3 nitrogen and oxygen atoms in total. The number of ether oxygens (including phenoxy) is 1. The van der Waals surface area contributed by atoms with Gasteiger partial charge in [0, 0.05) is 0 Å². The fourth-order valence-electron chi connectivity index (χ4n) is 4.09. The first-order valence-corrected chi connectivity index (χ1v) is 12.7. The summed E-state index contributed by atoms with van der Waals surface area (Å²) in [5, 5.41) is 0. The molecule has 1 amide bonds. The first-order chi connectivity index (χ1) is 14.7. The van der Waals surface area contributed by atoms with Crippen molar-refractivity contribution in [3.63, 3.8) is 0 Å². The lowest BCUT2D eigenvalue weighted by Gasteiger charge is -2.19. The van der Waals surface area contributed by atoms with Gasteiger partial charge in [-0.25, -0.2) is 0 Å². The van der Waals surface area contributed by atoms with Crippen LogP contribution in [-0.2, 0) is 11.2 Å². The van der Waals surface area contributed by atoms with Crippen LogP contribution in [0, 0.1) is 0 Å². The highest BCUT2D eigenvalue weighted by Crippen LogP contribution is 2.24. The maximum absolute atomic E-state index is 11.3. The Morgan fingerprint density at radius 3 is 1.87 bits per heavy atom. The van der Waals surface area contributed by atoms with Crippen molar-refractivity contribution in [1.29, 1.82) is 0 Å². The summed E-state index contributed by atoms with van der Waals surface area (Å²) in [6, 6.07) is 8.27. The largest absolute Gasteiger partial charge is 0.490 e. The molecule has 0 radical (unpaired) electrons. The molecule has 1 rings (SSSR count). The van der Waals surface area contributed by atoms with Crippen LogP contribution in [0.15, 0.2) is 24.3 Å². The zero-order chi connectivity index (χ0) is 21.9. The van der Waals surface area contributed by atoms with Crippen molar-refractivity contribution < 1.29 is 9.53 Å². The van der Waals surface area contributed by atoms with E-state index in [-0.39, 0.29) is 12.0 Å². The summed E-state index contributed by atoms with van der Waals surface area (Å²) < 4.78 is 6.16. The minimum Gasteiger partial charge on any atom is -0.490 e. The number of para-hydroxylation sites is 1. The highest BCUT2D eigenvalue weighted by molar-refractivity contribution is 5.74. The van der Waals surface area contributed by atoms with Gasteiger partial charge in [-0.2, -0.15) is 0 Å². The van der Waals surface area contributed by atoms with Gasteiger partial charge in [-0.15, -0.1) is 0 Å². The van der Waals surface area contributed by atoms with Crippen LogP contribution in [0.3, 0.4) is 0 Å². The molecule has 3 heteroatoms. The van der Waals surface area contributed by atoms with Crippen molar-refractivity contribution in [2.45, 2.75) is 129 Å². The molecular weight excluding hydrogens is 370 g/mol. The third-order valence-corrected chi connectivity index (χ3v) is 5.86. The zero-order valence-corrected chi connectivity index (χ0v) is 19.8. The van der Waals surface area contributed by atoms with Crippen LogP contribution >= 0.6 is 0 Å². The van der Waals surface area contributed by atoms with Crippen molar-refractivity contribution in [3.8, 4) is 5.75 Å². The Kier molecular flexibility index (Phi) is 16.2. The SMILES string of the molecule is CCCCCCCCCCCCCCCc1ccccc1OC(CCC)CC(N)=O. The monoisotopic (exact) mass is 417 g/mol. The second-order valence-electron chi connectivity index (χ2n) is 8.80. The van der Waals surface area contributed by atoms with Crippen LogP contribution in [0.25, 0.3) is 0 Å². The Bertz CT molecular complexity index is 543. The number of primary amides is 1. The number of unbranched alkanes of at least 4 members (excludes halogenated alkanes) is 12. The molecule has 0 aliphatic rings. The third-order valence-electron chi connectivity index (χ3n) is 5.86. The average molecular weight is 418 g/mol. The summed E-state index contributed by atoms with van der Waals surface area (Å²) in [5.74, 6) is 0.638. The van der Waals surface area contributed by atoms with E-state index in [4.69, 9.17) is 10.5 Å². The minimum atomic E-state index is -0.289. The topological polar surface area (TPSA) is 52.3 Å². The van der Waals surface area contributed by atoms with E-state index < -0.39 is 0 Å². The fourth-order valence-corrected chi connectivity index (χ4v) is 4.09. The Morgan fingerprint density at radius 1 is 0.800 bits per heavy atom. The van der Waals surface area contributed by atoms with Crippen molar-refractivity contribution in [2.75, 3.05) is 0 Å². The molecule has 0 fully saturated rings. The second-order valence-corrected chi connectivity index (χ2v) is 8.80. The molecule has 0 saturated heterocycles. The number of amides is 1. The number of hydrogen-bond donors (Lipinski definition) is 1. The van der Waals surface area contributed by atoms with E-state index in [0.29, 0.717) is 6.42 Å². The van der Waals surface area contributed by atoms with Gasteiger partial charge >= 0.3 is 0 Å². The lowest BCUT2D eigenvalue weighted by Crippen LogP contribution is -2.25. The summed E-state index contributed by atoms with van der Waals surface area (Å²) in [6.07, 6.45) is 20.9. The Morgan fingerprint density at radius 2 is 1.33 bits per heavy atom. The van der Waals surface area contributed by atoms with Gasteiger partial charge in [0.25, 0.3) is 0 Å². The molecule has 1 atom stereocenters. The lowest BCUT2D eigenvalue weighted by molar-refractivity contribution is -0.119. The summed E-state index contributed by atoms with van der Waals surface area (Å²) in [6.45, 7) is 4.39. The van der Waals surface area contributed by atoms with Gasteiger partial charge in [0.15, 0.2) is 0 Å². The molecule has 0 spiro atoms. The van der Waals surface area contributed by atoms with Gasteiger partial charge < -0.3 is 10.5 Å². The smallest absolute Gasteiger partial charge is 0.221 e. The number of carbonyl (C=O) groups excluding carboxylic acids is 1. The first-order valence-electron chi connectivity index (χ1n) is 12.7. The van der Waals surface area contributed by atoms with E-state index in [0.717, 1.165) is 25.0 Å². The number of nitrogens with two attached hydrogens (primary N) is 1. The summed E-state index contributed by atoms with van der Waals surface area (Å²) in [7, 11) is 0. The maximum atomic E-state index is 11.3. The predicted octanol–water partition coefficient (Wildman–Crippen LogP) is 7.74. The van der Waals surface area contributed by atoms with E-state index in [9.17, 15) is 4.79 Å². The fraction of sp³-hybridized carbons (Fsp3) is 0.741. The van der Waals surface area contributed by atoms with Crippen molar-refractivity contribution >= 4 is 5.91 Å². The molecule has 0 aliphatic heterocycles. The Balaban J connectivity index is 2.16. The van der Waals surface area contributed by atoms with Crippen molar-refractivity contribution in [2.24, 2.45) is 5.73 Å². The normalized spacial score (nSPS) is 12.1. The van der Waals surface area contributed by atoms with Gasteiger partial charge in [0.05, 0.1) is 6.42 Å².